The first-order valence-electron chi connectivity index (χ1n) is 11.4. The van der Waals surface area contributed by atoms with Gasteiger partial charge in [-0.05, 0) is 42.8 Å². The van der Waals surface area contributed by atoms with Gasteiger partial charge in [-0.2, -0.15) is 18.3 Å². The molecule has 6 nitrogen and oxygen atoms in total. The minimum Gasteiger partial charge on any atom is -0.468 e. The molecule has 9 heteroatoms. The number of benzene rings is 2. The molecule has 188 valence electrons. The molecule has 0 aliphatic rings. The monoisotopic (exact) mass is 496 g/mol. The Labute approximate surface area is 207 Å². The second kappa shape index (κ2) is 10.1. The summed E-state index contributed by atoms with van der Waals surface area (Å²) in [6, 6.07) is 16.9. The summed E-state index contributed by atoms with van der Waals surface area (Å²) in [5, 5.41) is 4.58. The van der Waals surface area contributed by atoms with Crippen LogP contribution in [0.15, 0.2) is 73.1 Å². The van der Waals surface area contributed by atoms with Crippen molar-refractivity contribution >= 4 is 11.6 Å². The summed E-state index contributed by atoms with van der Waals surface area (Å²) in [6.45, 7) is 2.75. The van der Waals surface area contributed by atoms with Crippen LogP contribution in [0.25, 0.3) is 16.8 Å². The number of esters is 1. The molecule has 0 amide bonds. The number of likely N-dealkylation sites (N-methyl/N-ethyl adjacent to an activating group) is 1. The van der Waals surface area contributed by atoms with Gasteiger partial charge in [0, 0.05) is 23.7 Å². The van der Waals surface area contributed by atoms with Gasteiger partial charge in [-0.3, -0.25) is 9.69 Å². The molecule has 0 N–H and O–H groups in total. The molecule has 0 saturated carbocycles. The molecule has 0 radical (unpaired) electrons. The number of rotatable bonds is 8. The SMILES string of the molecule is COC(=O)CN(C)CC(C)(Cc1ccccc1)c1ccnc2c(-c3ccc(C(F)(F)F)cc3)cnn12. The van der Waals surface area contributed by atoms with Gasteiger partial charge in [0.1, 0.15) is 0 Å². The van der Waals surface area contributed by atoms with Gasteiger partial charge in [0.15, 0.2) is 5.65 Å². The summed E-state index contributed by atoms with van der Waals surface area (Å²) in [5.41, 5.74) is 2.56. The van der Waals surface area contributed by atoms with E-state index in [1.165, 1.54) is 19.2 Å². The molecule has 0 aliphatic heterocycles. The first-order chi connectivity index (χ1) is 17.1. The van der Waals surface area contributed by atoms with Crippen LogP contribution in [0.2, 0.25) is 0 Å². The fraction of sp³-hybridized carbons (Fsp3) is 0.296. The lowest BCUT2D eigenvalue weighted by Gasteiger charge is -2.34. The number of hydrogen-bond acceptors (Lipinski definition) is 5. The molecule has 0 saturated heterocycles. The van der Waals surface area contributed by atoms with Crippen LogP contribution in [-0.4, -0.2) is 52.7 Å². The molecule has 4 rings (SSSR count). The zero-order valence-electron chi connectivity index (χ0n) is 20.3. The lowest BCUT2D eigenvalue weighted by atomic mass is 9.79. The Morgan fingerprint density at radius 1 is 1.06 bits per heavy atom. The van der Waals surface area contributed by atoms with Crippen LogP contribution in [0, 0.1) is 0 Å². The summed E-state index contributed by atoms with van der Waals surface area (Å²) in [7, 11) is 3.22. The van der Waals surface area contributed by atoms with Gasteiger partial charge < -0.3 is 4.74 Å². The van der Waals surface area contributed by atoms with E-state index in [9.17, 15) is 18.0 Å². The van der Waals surface area contributed by atoms with E-state index < -0.39 is 17.2 Å². The maximum atomic E-state index is 13.0. The molecular weight excluding hydrogens is 469 g/mol. The van der Waals surface area contributed by atoms with E-state index in [0.29, 0.717) is 29.7 Å². The molecule has 0 spiro atoms. The van der Waals surface area contributed by atoms with Gasteiger partial charge in [-0.1, -0.05) is 49.4 Å². The molecule has 1 unspecified atom stereocenters. The van der Waals surface area contributed by atoms with Crippen LogP contribution in [0.4, 0.5) is 13.2 Å². The van der Waals surface area contributed by atoms with Gasteiger partial charge in [0.05, 0.1) is 31.1 Å². The summed E-state index contributed by atoms with van der Waals surface area (Å²) < 4.78 is 45.6. The third kappa shape index (κ3) is 5.41. The third-order valence-electron chi connectivity index (χ3n) is 6.23. The topological polar surface area (TPSA) is 59.7 Å². The van der Waals surface area contributed by atoms with Crippen molar-refractivity contribution < 1.29 is 22.7 Å². The third-order valence-corrected chi connectivity index (χ3v) is 6.23. The first-order valence-corrected chi connectivity index (χ1v) is 11.4. The number of fused-ring (bicyclic) bond motifs is 1. The fourth-order valence-corrected chi connectivity index (χ4v) is 4.60. The normalized spacial score (nSPS) is 13.6. The van der Waals surface area contributed by atoms with Gasteiger partial charge >= 0.3 is 12.1 Å². The summed E-state index contributed by atoms with van der Waals surface area (Å²) in [5.74, 6) is -0.330. The van der Waals surface area contributed by atoms with Gasteiger partial charge in [0.2, 0.25) is 0 Å². The summed E-state index contributed by atoms with van der Waals surface area (Å²) in [4.78, 5) is 18.3. The largest absolute Gasteiger partial charge is 0.468 e. The van der Waals surface area contributed by atoms with Crippen LogP contribution in [0.1, 0.15) is 23.7 Å². The molecular formula is C27H27F3N4O2. The maximum absolute atomic E-state index is 13.0. The second-order valence-electron chi connectivity index (χ2n) is 9.17. The molecule has 0 bridgehead atoms. The Bertz CT molecular complexity index is 1340. The highest BCUT2D eigenvalue weighted by Crippen LogP contribution is 2.34. The molecule has 2 aromatic heterocycles. The number of carbonyl (C=O) groups is 1. The highest BCUT2D eigenvalue weighted by molar-refractivity contribution is 5.77. The summed E-state index contributed by atoms with van der Waals surface area (Å²) >= 11 is 0. The standard InChI is InChI=1S/C27H27F3N4O2/c1-26(15-19-7-5-4-6-8-19,18-33(2)17-24(35)36-3)23-13-14-31-25-22(16-32-34(23)25)20-9-11-21(12-10-20)27(28,29)30/h4-14,16H,15,17-18H2,1-3H3. The van der Waals surface area contributed by atoms with Crippen molar-refractivity contribution in [3.63, 3.8) is 0 Å². The fourth-order valence-electron chi connectivity index (χ4n) is 4.60. The smallest absolute Gasteiger partial charge is 0.416 e. The van der Waals surface area contributed by atoms with Crippen molar-refractivity contribution in [1.29, 1.82) is 0 Å². The minimum absolute atomic E-state index is 0.130. The maximum Gasteiger partial charge on any atom is 0.416 e. The van der Waals surface area contributed by atoms with E-state index in [2.05, 4.69) is 17.0 Å². The number of hydrogen-bond donors (Lipinski definition) is 0. The van der Waals surface area contributed by atoms with E-state index in [4.69, 9.17) is 4.74 Å². The number of carbonyl (C=O) groups excluding carboxylic acids is 1. The van der Waals surface area contributed by atoms with Crippen molar-refractivity contribution in [2.24, 2.45) is 0 Å². The van der Waals surface area contributed by atoms with Crippen molar-refractivity contribution in [3.8, 4) is 11.1 Å². The zero-order chi connectivity index (χ0) is 25.9. The Balaban J connectivity index is 1.76. The van der Waals surface area contributed by atoms with Crippen molar-refractivity contribution in [2.75, 3.05) is 27.2 Å². The van der Waals surface area contributed by atoms with Gasteiger partial charge in [-0.15, -0.1) is 0 Å². The highest BCUT2D eigenvalue weighted by atomic mass is 19.4. The number of nitrogens with zero attached hydrogens (tertiary/aromatic N) is 4. The van der Waals surface area contributed by atoms with Crippen LogP contribution >= 0.6 is 0 Å². The lowest BCUT2D eigenvalue weighted by Crippen LogP contribution is -2.42. The number of methoxy groups -OCH3 is 1. The van der Waals surface area contributed by atoms with E-state index >= 15 is 0 Å². The van der Waals surface area contributed by atoms with E-state index in [-0.39, 0.29) is 12.5 Å². The number of aromatic nitrogens is 3. The minimum atomic E-state index is -4.40. The van der Waals surface area contributed by atoms with E-state index in [1.807, 2.05) is 48.3 Å². The predicted octanol–water partition coefficient (Wildman–Crippen LogP) is 5.02. The van der Waals surface area contributed by atoms with Crippen molar-refractivity contribution in [3.05, 3.63) is 89.9 Å². The van der Waals surface area contributed by atoms with Gasteiger partial charge in [-0.25, -0.2) is 9.50 Å². The number of alkyl halides is 3. The second-order valence-corrected chi connectivity index (χ2v) is 9.17. The van der Waals surface area contributed by atoms with Crippen LogP contribution in [0.5, 0.6) is 0 Å². The Morgan fingerprint density at radius 2 is 1.75 bits per heavy atom. The summed E-state index contributed by atoms with van der Waals surface area (Å²) in [6.07, 6.45) is -0.437. The van der Waals surface area contributed by atoms with E-state index in [0.717, 1.165) is 23.4 Å². The van der Waals surface area contributed by atoms with Crippen LogP contribution in [-0.2, 0) is 27.5 Å². The Kier molecular flexibility index (Phi) is 7.12. The Hall–Kier alpha value is -3.72. The van der Waals surface area contributed by atoms with Crippen molar-refractivity contribution in [2.45, 2.75) is 24.9 Å². The van der Waals surface area contributed by atoms with Crippen molar-refractivity contribution in [1.82, 2.24) is 19.5 Å². The number of halogens is 3. The average molecular weight is 497 g/mol. The molecule has 2 heterocycles. The van der Waals surface area contributed by atoms with E-state index in [1.54, 1.807) is 16.9 Å². The zero-order valence-corrected chi connectivity index (χ0v) is 20.3. The van der Waals surface area contributed by atoms with Gasteiger partial charge in [0.25, 0.3) is 0 Å². The quantitative estimate of drug-likeness (QED) is 0.321. The average Bonchev–Trinajstić information content (AvgIpc) is 3.28. The molecule has 36 heavy (non-hydrogen) atoms. The van der Waals surface area contributed by atoms with Crippen LogP contribution in [0.3, 0.4) is 0 Å². The highest BCUT2D eigenvalue weighted by Gasteiger charge is 2.33. The lowest BCUT2D eigenvalue weighted by molar-refractivity contribution is -0.141. The number of ether oxygens (including phenoxy) is 1. The predicted molar refractivity (Wildman–Crippen MR) is 130 cm³/mol. The molecule has 1 atom stereocenters. The van der Waals surface area contributed by atoms with Crippen LogP contribution < -0.4 is 0 Å². The molecule has 0 aliphatic carbocycles. The Morgan fingerprint density at radius 3 is 2.39 bits per heavy atom. The molecule has 4 aromatic rings. The molecule has 0 fully saturated rings. The molecule has 2 aromatic carbocycles. The first kappa shape index (κ1) is 25.4.